The summed E-state index contributed by atoms with van der Waals surface area (Å²) in [6.07, 6.45) is 2.08. The summed E-state index contributed by atoms with van der Waals surface area (Å²) < 4.78 is 5.38. The average molecular weight is 344 g/mol. The van der Waals surface area contributed by atoms with E-state index in [0.717, 1.165) is 18.6 Å². The van der Waals surface area contributed by atoms with Gasteiger partial charge in [0.2, 0.25) is 0 Å². The fourth-order valence-corrected chi connectivity index (χ4v) is 2.14. The van der Waals surface area contributed by atoms with Gasteiger partial charge in [-0.15, -0.1) is 5.92 Å². The predicted octanol–water partition coefficient (Wildman–Crippen LogP) is 0.869. The Morgan fingerprint density at radius 2 is 1.60 bits per heavy atom. The van der Waals surface area contributed by atoms with Crippen molar-refractivity contribution in [1.29, 1.82) is 0 Å². The molecule has 0 aliphatic carbocycles. The van der Waals surface area contributed by atoms with Crippen LogP contribution >= 0.6 is 0 Å². The van der Waals surface area contributed by atoms with Crippen molar-refractivity contribution in [3.63, 3.8) is 0 Å². The number of para-hydroxylation sites is 1. The van der Waals surface area contributed by atoms with Crippen LogP contribution in [0.15, 0.2) is 54.6 Å². The third-order valence-corrected chi connectivity index (χ3v) is 3.20. The third kappa shape index (κ3) is 5.47. The first-order chi connectivity index (χ1) is 8.81. The van der Waals surface area contributed by atoms with Crippen molar-refractivity contribution < 1.29 is 21.7 Å². The molecule has 2 aromatic rings. The second-order valence-electron chi connectivity index (χ2n) is 4.46. The first kappa shape index (κ1) is 19.5. The minimum Gasteiger partial charge on any atom is -1.00 e. The van der Waals surface area contributed by atoms with Crippen LogP contribution < -0.4 is 21.7 Å². The molecule has 1 nitrogen and oxygen atoms in total. The summed E-state index contributed by atoms with van der Waals surface area (Å²) in [5.74, 6) is 1.20. The van der Waals surface area contributed by atoms with Gasteiger partial charge in [0.15, 0.2) is 0 Å². The Hall–Kier alpha value is -0.514. The molecule has 0 aliphatic heterocycles. The Bertz CT molecular complexity index is 487. The van der Waals surface area contributed by atoms with E-state index in [1.165, 1.54) is 11.1 Å². The van der Waals surface area contributed by atoms with Crippen molar-refractivity contribution in [2.75, 3.05) is 7.11 Å². The van der Waals surface area contributed by atoms with Crippen LogP contribution in [0.1, 0.15) is 23.5 Å². The molecule has 0 aromatic heterocycles. The van der Waals surface area contributed by atoms with E-state index in [-0.39, 0.29) is 46.0 Å². The summed E-state index contributed by atoms with van der Waals surface area (Å²) >= 11 is 0. The zero-order valence-electron chi connectivity index (χ0n) is 11.9. The van der Waals surface area contributed by atoms with Crippen molar-refractivity contribution in [3.8, 4) is 5.75 Å². The van der Waals surface area contributed by atoms with Crippen LogP contribution in [-0.4, -0.2) is 30.2 Å². The molecule has 1 atom stereocenters. The van der Waals surface area contributed by atoms with E-state index < -0.39 is 0 Å². The molecule has 0 heterocycles. The largest absolute Gasteiger partial charge is 2.00 e. The van der Waals surface area contributed by atoms with Gasteiger partial charge in [0.05, 0.1) is 7.11 Å². The van der Waals surface area contributed by atoms with Crippen LogP contribution in [-0.2, 0) is 6.42 Å². The van der Waals surface area contributed by atoms with E-state index in [0.29, 0.717) is 0 Å². The van der Waals surface area contributed by atoms with Gasteiger partial charge in [0.25, 0.3) is 0 Å². The first-order valence-corrected chi connectivity index (χ1v) is 6.31. The molecule has 0 saturated heterocycles. The minimum absolute atomic E-state index is 0. The van der Waals surface area contributed by atoms with Crippen molar-refractivity contribution in [3.05, 3.63) is 72.6 Å². The van der Waals surface area contributed by atoms with Gasteiger partial charge in [0, 0.05) is 0 Å². The number of aryl methyl sites for hydroxylation is 1. The molecule has 0 saturated carbocycles. The van der Waals surface area contributed by atoms with Gasteiger partial charge in [-0.25, -0.2) is 0 Å². The van der Waals surface area contributed by atoms with E-state index in [4.69, 9.17) is 4.74 Å². The Morgan fingerprint density at radius 3 is 2.25 bits per heavy atom. The summed E-state index contributed by atoms with van der Waals surface area (Å²) in [6, 6.07) is 18.7. The number of hydrogen-bond acceptors (Lipinski definition) is 1. The summed E-state index contributed by atoms with van der Waals surface area (Å²) in [5.41, 5.74) is 2.55. The Labute approximate surface area is 148 Å². The zero-order chi connectivity index (χ0) is 12.8. The summed E-state index contributed by atoms with van der Waals surface area (Å²) in [4.78, 5) is 0. The van der Waals surface area contributed by atoms with Gasteiger partial charge in [-0.05, 0) is 23.6 Å². The second kappa shape index (κ2) is 10.2. The molecule has 20 heavy (non-hydrogen) atoms. The minimum atomic E-state index is 0. The van der Waals surface area contributed by atoms with Crippen molar-refractivity contribution in [2.45, 2.75) is 18.8 Å². The molecule has 0 N–H and O–H groups in total. The summed E-state index contributed by atoms with van der Waals surface area (Å²) in [6.45, 7) is 4.25. The molecule has 0 spiro atoms. The Morgan fingerprint density at radius 1 is 1.00 bits per heavy atom. The van der Waals surface area contributed by atoms with Gasteiger partial charge >= 0.3 is 23.1 Å². The van der Waals surface area contributed by atoms with Crippen molar-refractivity contribution in [2.24, 2.45) is 0 Å². The number of benzene rings is 2. The molecule has 0 radical (unpaired) electrons. The summed E-state index contributed by atoms with van der Waals surface area (Å²) in [7, 11) is 1.71. The van der Waals surface area contributed by atoms with Crippen LogP contribution in [0, 0.1) is 6.92 Å². The molecular weight excluding hydrogens is 324 g/mol. The van der Waals surface area contributed by atoms with Crippen LogP contribution in [0.2, 0.25) is 0 Å². The Kier molecular flexibility index (Phi) is 9.98. The number of halogens is 1. The zero-order valence-corrected chi connectivity index (χ0v) is 14.9. The maximum absolute atomic E-state index is 5.38. The number of ether oxygens (including phenoxy) is 1. The number of hydrogen-bond donors (Lipinski definition) is 0. The van der Waals surface area contributed by atoms with Crippen LogP contribution in [0.25, 0.3) is 0 Å². The van der Waals surface area contributed by atoms with E-state index in [9.17, 15) is 0 Å². The van der Waals surface area contributed by atoms with Gasteiger partial charge in [0.1, 0.15) is 5.75 Å². The predicted molar refractivity (Wildman–Crippen MR) is 81.6 cm³/mol. The maximum Gasteiger partial charge on any atom is 2.00 e. The van der Waals surface area contributed by atoms with Crippen molar-refractivity contribution in [1.82, 2.24) is 0 Å². The molecule has 3 heteroatoms. The second-order valence-corrected chi connectivity index (χ2v) is 4.46. The fourth-order valence-electron chi connectivity index (χ4n) is 2.14. The molecule has 2 aromatic carbocycles. The molecule has 1 unspecified atom stereocenters. The average Bonchev–Trinajstić information content (AvgIpc) is 2.45. The molecular formula is C17H19BrMgO. The molecule has 0 aliphatic rings. The van der Waals surface area contributed by atoms with Crippen LogP contribution in [0.4, 0.5) is 0 Å². The molecule has 0 fully saturated rings. The van der Waals surface area contributed by atoms with E-state index in [1.54, 1.807) is 7.11 Å². The van der Waals surface area contributed by atoms with Crippen LogP contribution in [0.5, 0.6) is 5.75 Å². The summed E-state index contributed by atoms with van der Waals surface area (Å²) in [5, 5.41) is 0. The SMILES string of the molecule is [Br-].[CH2-]C(CCc1ccccc1)c1ccccc1OC.[Mg+2]. The maximum atomic E-state index is 5.38. The van der Waals surface area contributed by atoms with E-state index in [1.807, 2.05) is 24.3 Å². The smallest absolute Gasteiger partial charge is 1.00 e. The van der Waals surface area contributed by atoms with Gasteiger partial charge in [-0.3, -0.25) is 0 Å². The van der Waals surface area contributed by atoms with Gasteiger partial charge in [-0.2, -0.15) is 0 Å². The topological polar surface area (TPSA) is 9.23 Å². The monoisotopic (exact) mass is 342 g/mol. The van der Waals surface area contributed by atoms with E-state index >= 15 is 0 Å². The standard InChI is InChI=1S/C17H19O.BrH.Mg/c1-14(12-13-15-8-4-3-5-9-15)16-10-6-7-11-17(16)18-2;;/h3-11,14H,1,12-13H2,2H3;1H;/q-1;;+2/p-1. The van der Waals surface area contributed by atoms with E-state index in [2.05, 4.69) is 37.3 Å². The number of methoxy groups -OCH3 is 1. The molecule has 0 bridgehead atoms. The molecule has 102 valence electrons. The first-order valence-electron chi connectivity index (χ1n) is 6.31. The number of rotatable bonds is 5. The fraction of sp³-hybridized carbons (Fsp3) is 0.235. The van der Waals surface area contributed by atoms with Crippen LogP contribution in [0.3, 0.4) is 0 Å². The molecule has 0 amide bonds. The third-order valence-electron chi connectivity index (χ3n) is 3.20. The Balaban J connectivity index is 0.00000180. The van der Waals surface area contributed by atoms with Gasteiger partial charge in [-0.1, -0.05) is 55.0 Å². The molecule has 2 rings (SSSR count). The van der Waals surface area contributed by atoms with Crippen molar-refractivity contribution >= 4 is 23.1 Å². The quantitative estimate of drug-likeness (QED) is 0.578. The normalized spacial score (nSPS) is 10.9. The van der Waals surface area contributed by atoms with Gasteiger partial charge < -0.3 is 28.6 Å².